The number of aromatic amines is 1. The SMILES string of the molecule is O=C(COc1ccnc2c1CCCC2)NCCc1c[nH]c2ccccc12. The number of rotatable bonds is 6. The summed E-state index contributed by atoms with van der Waals surface area (Å²) < 4.78 is 5.77. The van der Waals surface area contributed by atoms with Gasteiger partial charge < -0.3 is 15.0 Å². The van der Waals surface area contributed by atoms with Crippen LogP contribution < -0.4 is 10.1 Å². The van der Waals surface area contributed by atoms with Crippen LogP contribution >= 0.6 is 0 Å². The van der Waals surface area contributed by atoms with E-state index in [4.69, 9.17) is 4.74 Å². The number of para-hydroxylation sites is 1. The monoisotopic (exact) mass is 349 g/mol. The molecule has 1 aliphatic rings. The lowest BCUT2D eigenvalue weighted by molar-refractivity contribution is -0.123. The molecule has 0 aliphatic heterocycles. The molecule has 0 bridgehead atoms. The molecule has 26 heavy (non-hydrogen) atoms. The van der Waals surface area contributed by atoms with E-state index in [9.17, 15) is 4.79 Å². The lowest BCUT2D eigenvalue weighted by Crippen LogP contribution is -2.30. The fourth-order valence-corrected chi connectivity index (χ4v) is 3.60. The second-order valence-electron chi connectivity index (χ2n) is 6.69. The summed E-state index contributed by atoms with van der Waals surface area (Å²) in [5.41, 5.74) is 4.63. The molecule has 5 nitrogen and oxygen atoms in total. The number of carbonyl (C=O) groups excluding carboxylic acids is 1. The predicted molar refractivity (Wildman–Crippen MR) is 101 cm³/mol. The maximum absolute atomic E-state index is 12.1. The number of fused-ring (bicyclic) bond motifs is 2. The first-order valence-electron chi connectivity index (χ1n) is 9.22. The highest BCUT2D eigenvalue weighted by Crippen LogP contribution is 2.27. The average molecular weight is 349 g/mol. The first-order valence-corrected chi connectivity index (χ1v) is 9.22. The zero-order chi connectivity index (χ0) is 17.8. The number of hydrogen-bond donors (Lipinski definition) is 2. The van der Waals surface area contributed by atoms with Gasteiger partial charge in [0.15, 0.2) is 6.61 Å². The van der Waals surface area contributed by atoms with Crippen LogP contribution in [0.5, 0.6) is 5.75 Å². The normalized spacial score (nSPS) is 13.4. The Morgan fingerprint density at radius 1 is 1.19 bits per heavy atom. The molecule has 0 atom stereocenters. The molecule has 5 heteroatoms. The topological polar surface area (TPSA) is 67.0 Å². The van der Waals surface area contributed by atoms with Crippen LogP contribution in [0.4, 0.5) is 0 Å². The number of hydrogen-bond acceptors (Lipinski definition) is 3. The molecule has 0 spiro atoms. The maximum Gasteiger partial charge on any atom is 0.257 e. The van der Waals surface area contributed by atoms with Crippen molar-refractivity contribution in [3.8, 4) is 5.75 Å². The molecule has 0 fully saturated rings. The van der Waals surface area contributed by atoms with Crippen LogP contribution in [0.1, 0.15) is 29.7 Å². The Hall–Kier alpha value is -2.82. The molecule has 134 valence electrons. The van der Waals surface area contributed by atoms with Gasteiger partial charge in [0.1, 0.15) is 5.75 Å². The van der Waals surface area contributed by atoms with Crippen molar-refractivity contribution in [3.63, 3.8) is 0 Å². The van der Waals surface area contributed by atoms with Crippen molar-refractivity contribution in [2.24, 2.45) is 0 Å². The molecule has 3 aromatic rings. The minimum Gasteiger partial charge on any atom is -0.483 e. The van der Waals surface area contributed by atoms with Gasteiger partial charge in [0.05, 0.1) is 0 Å². The number of aryl methyl sites for hydroxylation is 1. The Bertz CT molecular complexity index is 917. The van der Waals surface area contributed by atoms with Gasteiger partial charge in [-0.3, -0.25) is 9.78 Å². The highest BCUT2D eigenvalue weighted by Gasteiger charge is 2.15. The Morgan fingerprint density at radius 2 is 2.08 bits per heavy atom. The smallest absolute Gasteiger partial charge is 0.257 e. The lowest BCUT2D eigenvalue weighted by Gasteiger charge is -2.18. The number of ether oxygens (including phenoxy) is 1. The largest absolute Gasteiger partial charge is 0.483 e. The summed E-state index contributed by atoms with van der Waals surface area (Å²) in [6.07, 6.45) is 8.90. The Labute approximate surface area is 152 Å². The molecule has 1 amide bonds. The molecule has 0 radical (unpaired) electrons. The summed E-state index contributed by atoms with van der Waals surface area (Å²) in [6, 6.07) is 10.1. The molecule has 0 saturated heterocycles. The van der Waals surface area contributed by atoms with E-state index in [0.717, 1.165) is 42.6 Å². The molecular weight excluding hydrogens is 326 g/mol. The molecule has 0 saturated carbocycles. The van der Waals surface area contributed by atoms with E-state index in [1.165, 1.54) is 22.9 Å². The summed E-state index contributed by atoms with van der Waals surface area (Å²) in [5, 5.41) is 4.15. The van der Waals surface area contributed by atoms with Gasteiger partial charge in [-0.25, -0.2) is 0 Å². The summed E-state index contributed by atoms with van der Waals surface area (Å²) >= 11 is 0. The van der Waals surface area contributed by atoms with E-state index in [1.807, 2.05) is 24.4 Å². The second kappa shape index (κ2) is 7.60. The molecular formula is C21H23N3O2. The number of pyridine rings is 1. The third-order valence-electron chi connectivity index (χ3n) is 4.94. The fraction of sp³-hybridized carbons (Fsp3) is 0.333. The fourth-order valence-electron chi connectivity index (χ4n) is 3.60. The van der Waals surface area contributed by atoms with Crippen molar-refractivity contribution >= 4 is 16.8 Å². The first-order chi connectivity index (χ1) is 12.8. The zero-order valence-corrected chi connectivity index (χ0v) is 14.8. The lowest BCUT2D eigenvalue weighted by atomic mass is 9.95. The van der Waals surface area contributed by atoms with E-state index < -0.39 is 0 Å². The van der Waals surface area contributed by atoms with Gasteiger partial charge in [0.25, 0.3) is 5.91 Å². The molecule has 1 aliphatic carbocycles. The number of nitrogens with one attached hydrogen (secondary N) is 2. The Kier molecular flexibility index (Phi) is 4.86. The standard InChI is InChI=1S/C21H23N3O2/c25-21(14-26-20-10-12-22-19-8-4-2-6-17(19)20)23-11-9-15-13-24-18-7-3-1-5-16(15)18/h1,3,5,7,10,12-13,24H,2,4,6,8-9,11,14H2,(H,23,25). The van der Waals surface area contributed by atoms with E-state index in [-0.39, 0.29) is 12.5 Å². The second-order valence-corrected chi connectivity index (χ2v) is 6.69. The summed E-state index contributed by atoms with van der Waals surface area (Å²) in [5.74, 6) is 0.715. The number of aromatic nitrogens is 2. The van der Waals surface area contributed by atoms with Crippen molar-refractivity contribution in [3.05, 3.63) is 59.5 Å². The quantitative estimate of drug-likeness (QED) is 0.718. The van der Waals surface area contributed by atoms with Gasteiger partial charge in [-0.2, -0.15) is 0 Å². The maximum atomic E-state index is 12.1. The van der Waals surface area contributed by atoms with Crippen molar-refractivity contribution in [1.82, 2.24) is 15.3 Å². The minimum absolute atomic E-state index is 0.0460. The van der Waals surface area contributed by atoms with Crippen LogP contribution in [-0.4, -0.2) is 29.0 Å². The van der Waals surface area contributed by atoms with Crippen molar-refractivity contribution in [2.45, 2.75) is 32.1 Å². The number of carbonyl (C=O) groups is 1. The van der Waals surface area contributed by atoms with Gasteiger partial charge >= 0.3 is 0 Å². The van der Waals surface area contributed by atoms with Crippen molar-refractivity contribution in [2.75, 3.05) is 13.2 Å². The van der Waals surface area contributed by atoms with Crippen LogP contribution in [0.15, 0.2) is 42.7 Å². The molecule has 2 N–H and O–H groups in total. The van der Waals surface area contributed by atoms with Gasteiger partial charge in [-0.05, 0) is 49.8 Å². The van der Waals surface area contributed by atoms with Crippen LogP contribution in [0.25, 0.3) is 10.9 Å². The summed E-state index contributed by atoms with van der Waals surface area (Å²) in [6.45, 7) is 0.642. The predicted octanol–water partition coefficient (Wildman–Crippen LogP) is 3.18. The third kappa shape index (κ3) is 3.57. The van der Waals surface area contributed by atoms with E-state index in [2.05, 4.69) is 27.4 Å². The van der Waals surface area contributed by atoms with Gasteiger partial charge in [0.2, 0.25) is 0 Å². The number of benzene rings is 1. The number of nitrogens with zero attached hydrogens (tertiary/aromatic N) is 1. The molecule has 0 unspecified atom stereocenters. The minimum atomic E-state index is -0.0915. The van der Waals surface area contributed by atoms with Gasteiger partial charge in [0, 0.05) is 41.1 Å². The summed E-state index contributed by atoms with van der Waals surface area (Å²) in [7, 11) is 0. The highest BCUT2D eigenvalue weighted by molar-refractivity contribution is 5.83. The van der Waals surface area contributed by atoms with Crippen LogP contribution in [0.2, 0.25) is 0 Å². The third-order valence-corrected chi connectivity index (χ3v) is 4.94. The number of H-pyrrole nitrogens is 1. The van der Waals surface area contributed by atoms with Crippen LogP contribution in [0.3, 0.4) is 0 Å². The van der Waals surface area contributed by atoms with Gasteiger partial charge in [-0.1, -0.05) is 18.2 Å². The molecule has 1 aromatic carbocycles. The first kappa shape index (κ1) is 16.6. The van der Waals surface area contributed by atoms with Gasteiger partial charge in [-0.15, -0.1) is 0 Å². The van der Waals surface area contributed by atoms with E-state index in [0.29, 0.717) is 6.54 Å². The molecule has 2 heterocycles. The van der Waals surface area contributed by atoms with Crippen molar-refractivity contribution in [1.29, 1.82) is 0 Å². The van der Waals surface area contributed by atoms with Crippen LogP contribution in [0, 0.1) is 0 Å². The zero-order valence-electron chi connectivity index (χ0n) is 14.8. The van der Waals surface area contributed by atoms with Crippen molar-refractivity contribution < 1.29 is 9.53 Å². The van der Waals surface area contributed by atoms with E-state index >= 15 is 0 Å². The number of amides is 1. The van der Waals surface area contributed by atoms with Crippen LogP contribution in [-0.2, 0) is 24.1 Å². The molecule has 2 aromatic heterocycles. The average Bonchev–Trinajstić information content (AvgIpc) is 3.09. The Balaban J connectivity index is 1.28. The Morgan fingerprint density at radius 3 is 3.04 bits per heavy atom. The molecule has 4 rings (SSSR count). The summed E-state index contributed by atoms with van der Waals surface area (Å²) in [4.78, 5) is 19.8. The van der Waals surface area contributed by atoms with E-state index in [1.54, 1.807) is 6.20 Å². The highest BCUT2D eigenvalue weighted by atomic mass is 16.5.